The third-order valence-electron chi connectivity index (χ3n) is 2.99. The Morgan fingerprint density at radius 2 is 2.11 bits per heavy atom. The molecule has 0 unspecified atom stereocenters. The number of oxime groups is 1. The molecule has 1 amide bonds. The van der Waals surface area contributed by atoms with Gasteiger partial charge in [-0.05, 0) is 47.0 Å². The number of nitrogens with one attached hydrogen (secondary N) is 1. The van der Waals surface area contributed by atoms with Crippen molar-refractivity contribution in [3.05, 3.63) is 28.2 Å². The van der Waals surface area contributed by atoms with Crippen LogP contribution in [0, 0.1) is 5.92 Å². The van der Waals surface area contributed by atoms with Crippen molar-refractivity contribution in [3.8, 4) is 0 Å². The van der Waals surface area contributed by atoms with Gasteiger partial charge in [-0.15, -0.1) is 0 Å². The second-order valence-corrected chi connectivity index (χ2v) is 5.04. The molecule has 5 nitrogen and oxygen atoms in total. The first-order chi connectivity index (χ1) is 9.03. The molecule has 0 spiro atoms. The van der Waals surface area contributed by atoms with E-state index in [9.17, 15) is 4.79 Å². The van der Waals surface area contributed by atoms with Crippen molar-refractivity contribution in [2.75, 3.05) is 5.32 Å². The Balaban J connectivity index is 2.89. The van der Waals surface area contributed by atoms with E-state index in [-0.39, 0.29) is 17.7 Å². The van der Waals surface area contributed by atoms with Crippen LogP contribution in [0.4, 0.5) is 5.69 Å². The van der Waals surface area contributed by atoms with Crippen molar-refractivity contribution in [3.63, 3.8) is 0 Å². The highest BCUT2D eigenvalue weighted by atomic mass is 79.9. The van der Waals surface area contributed by atoms with Crippen LogP contribution >= 0.6 is 15.9 Å². The minimum atomic E-state index is 0.00208. The third kappa shape index (κ3) is 3.96. The molecule has 1 rings (SSSR count). The summed E-state index contributed by atoms with van der Waals surface area (Å²) in [4.78, 5) is 12.0. The summed E-state index contributed by atoms with van der Waals surface area (Å²) < 4.78 is 0.691. The summed E-state index contributed by atoms with van der Waals surface area (Å²) in [5.41, 5.74) is 6.75. The van der Waals surface area contributed by atoms with Gasteiger partial charge in [0.25, 0.3) is 0 Å². The largest absolute Gasteiger partial charge is 0.409 e. The van der Waals surface area contributed by atoms with Crippen molar-refractivity contribution in [2.24, 2.45) is 16.8 Å². The quantitative estimate of drug-likeness (QED) is 0.336. The predicted molar refractivity (Wildman–Crippen MR) is 79.4 cm³/mol. The number of hydrogen-bond acceptors (Lipinski definition) is 3. The zero-order chi connectivity index (χ0) is 14.4. The lowest BCUT2D eigenvalue weighted by molar-refractivity contribution is -0.120. The molecule has 4 N–H and O–H groups in total. The van der Waals surface area contributed by atoms with Gasteiger partial charge in [0.15, 0.2) is 5.84 Å². The number of benzene rings is 1. The second kappa shape index (κ2) is 7.13. The first-order valence-corrected chi connectivity index (χ1v) is 6.91. The number of anilines is 1. The van der Waals surface area contributed by atoms with Crippen molar-refractivity contribution < 1.29 is 10.0 Å². The molecule has 0 aromatic heterocycles. The fourth-order valence-corrected chi connectivity index (χ4v) is 2.21. The fraction of sp³-hybridized carbons (Fsp3) is 0.385. The molecular formula is C13H18BrN3O2. The summed E-state index contributed by atoms with van der Waals surface area (Å²) in [5.74, 6) is 0.0384. The number of carbonyl (C=O) groups is 1. The number of nitrogens with zero attached hydrogens (tertiary/aromatic N) is 1. The van der Waals surface area contributed by atoms with Gasteiger partial charge in [0.2, 0.25) is 5.91 Å². The zero-order valence-electron chi connectivity index (χ0n) is 11.0. The highest BCUT2D eigenvalue weighted by Gasteiger charge is 2.15. The normalized spacial score (nSPS) is 11.7. The maximum Gasteiger partial charge on any atom is 0.227 e. The van der Waals surface area contributed by atoms with Gasteiger partial charge >= 0.3 is 0 Å². The molecule has 0 radical (unpaired) electrons. The highest BCUT2D eigenvalue weighted by Crippen LogP contribution is 2.24. The van der Waals surface area contributed by atoms with Crippen LogP contribution in [0.2, 0.25) is 0 Å². The van der Waals surface area contributed by atoms with Gasteiger partial charge in [-0.2, -0.15) is 0 Å². The minimum absolute atomic E-state index is 0.00208. The number of carbonyl (C=O) groups excluding carboxylic acids is 1. The summed E-state index contributed by atoms with van der Waals surface area (Å²) in [6, 6.07) is 5.09. The minimum Gasteiger partial charge on any atom is -0.409 e. The standard InChI is InChI=1S/C13H18BrN3O2/c1-3-8(4-2)13(18)16-11-6-5-9(7-10(11)14)12(15)17-19/h5-8,19H,3-4H2,1-2H3,(H2,15,17)(H,16,18). The van der Waals surface area contributed by atoms with E-state index in [0.717, 1.165) is 12.8 Å². The molecule has 19 heavy (non-hydrogen) atoms. The average molecular weight is 328 g/mol. The molecular weight excluding hydrogens is 310 g/mol. The van der Waals surface area contributed by atoms with E-state index in [4.69, 9.17) is 10.9 Å². The maximum absolute atomic E-state index is 12.0. The van der Waals surface area contributed by atoms with E-state index >= 15 is 0 Å². The molecule has 0 saturated heterocycles. The summed E-state index contributed by atoms with van der Waals surface area (Å²) >= 11 is 3.36. The number of halogens is 1. The second-order valence-electron chi connectivity index (χ2n) is 4.18. The van der Waals surface area contributed by atoms with E-state index in [1.807, 2.05) is 13.8 Å². The summed E-state index contributed by atoms with van der Waals surface area (Å²) in [7, 11) is 0. The Bertz CT molecular complexity index is 485. The Morgan fingerprint density at radius 1 is 1.47 bits per heavy atom. The Hall–Kier alpha value is -1.56. The van der Waals surface area contributed by atoms with Gasteiger partial charge in [-0.3, -0.25) is 4.79 Å². The predicted octanol–water partition coefficient (Wildman–Crippen LogP) is 2.92. The topological polar surface area (TPSA) is 87.7 Å². The summed E-state index contributed by atoms with van der Waals surface area (Å²) in [5, 5.41) is 14.4. The number of hydrogen-bond donors (Lipinski definition) is 3. The fourth-order valence-electron chi connectivity index (χ4n) is 1.73. The molecule has 0 bridgehead atoms. The van der Waals surface area contributed by atoms with Gasteiger partial charge in [0.1, 0.15) is 0 Å². The van der Waals surface area contributed by atoms with Crippen molar-refractivity contribution in [2.45, 2.75) is 26.7 Å². The lowest BCUT2D eigenvalue weighted by atomic mass is 10.0. The SMILES string of the molecule is CCC(CC)C(=O)Nc1ccc(/C(N)=N/O)cc1Br. The van der Waals surface area contributed by atoms with Gasteiger partial charge in [-0.25, -0.2) is 0 Å². The van der Waals surface area contributed by atoms with Gasteiger partial charge < -0.3 is 16.3 Å². The molecule has 0 heterocycles. The van der Waals surface area contributed by atoms with Crippen LogP contribution in [0.5, 0.6) is 0 Å². The molecule has 1 aromatic rings. The smallest absolute Gasteiger partial charge is 0.227 e. The number of rotatable bonds is 5. The van der Waals surface area contributed by atoms with Gasteiger partial charge in [0, 0.05) is 16.0 Å². The average Bonchev–Trinajstić information content (AvgIpc) is 2.41. The van der Waals surface area contributed by atoms with E-state index in [1.165, 1.54) is 0 Å². The Kier molecular flexibility index (Phi) is 5.82. The number of amidine groups is 1. The molecule has 104 valence electrons. The third-order valence-corrected chi connectivity index (χ3v) is 3.64. The van der Waals surface area contributed by atoms with Crippen molar-refractivity contribution >= 4 is 33.4 Å². The molecule has 0 fully saturated rings. The number of amides is 1. The molecule has 0 aliphatic rings. The van der Waals surface area contributed by atoms with Crippen LogP contribution in [0.1, 0.15) is 32.3 Å². The zero-order valence-corrected chi connectivity index (χ0v) is 12.6. The lowest BCUT2D eigenvalue weighted by Crippen LogP contribution is -2.22. The molecule has 0 atom stereocenters. The van der Waals surface area contributed by atoms with E-state index in [2.05, 4.69) is 26.4 Å². The van der Waals surface area contributed by atoms with E-state index in [0.29, 0.717) is 15.7 Å². The van der Waals surface area contributed by atoms with E-state index < -0.39 is 0 Å². The first-order valence-electron chi connectivity index (χ1n) is 6.11. The highest BCUT2D eigenvalue weighted by molar-refractivity contribution is 9.10. The van der Waals surface area contributed by atoms with Crippen LogP contribution in [0.25, 0.3) is 0 Å². The van der Waals surface area contributed by atoms with Gasteiger partial charge in [0.05, 0.1) is 5.69 Å². The Labute approximate surface area is 121 Å². The molecule has 0 aliphatic heterocycles. The lowest BCUT2D eigenvalue weighted by Gasteiger charge is -2.14. The summed E-state index contributed by atoms with van der Waals surface area (Å²) in [6.07, 6.45) is 1.62. The van der Waals surface area contributed by atoms with Crippen molar-refractivity contribution in [1.29, 1.82) is 0 Å². The molecule has 0 saturated carbocycles. The first kappa shape index (κ1) is 15.5. The summed E-state index contributed by atoms with van der Waals surface area (Å²) in [6.45, 7) is 3.98. The monoisotopic (exact) mass is 327 g/mol. The molecule has 0 aliphatic carbocycles. The van der Waals surface area contributed by atoms with Crippen molar-refractivity contribution in [1.82, 2.24) is 0 Å². The maximum atomic E-state index is 12.0. The van der Waals surface area contributed by atoms with Crippen LogP contribution in [0.3, 0.4) is 0 Å². The molecule has 1 aromatic carbocycles. The Morgan fingerprint density at radius 3 is 2.58 bits per heavy atom. The molecule has 6 heteroatoms. The van der Waals surface area contributed by atoms with Crippen LogP contribution in [-0.2, 0) is 4.79 Å². The van der Waals surface area contributed by atoms with Crippen LogP contribution in [0.15, 0.2) is 27.8 Å². The van der Waals surface area contributed by atoms with Gasteiger partial charge in [-0.1, -0.05) is 19.0 Å². The van der Waals surface area contributed by atoms with Crippen LogP contribution in [-0.4, -0.2) is 17.0 Å². The van der Waals surface area contributed by atoms with E-state index in [1.54, 1.807) is 18.2 Å². The number of nitrogens with two attached hydrogens (primary N) is 1. The van der Waals surface area contributed by atoms with Crippen LogP contribution < -0.4 is 11.1 Å².